The lowest BCUT2D eigenvalue weighted by Crippen LogP contribution is -2.53. The maximum Gasteiger partial charge on any atom is 0.328 e. The third kappa shape index (κ3) is 3.74. The second-order valence-corrected chi connectivity index (χ2v) is 10.7. The number of phenolic OH excluding ortho intramolecular Hbond substituents is 1. The molecule has 36 heavy (non-hydrogen) atoms. The number of hydrogen-bond donors (Lipinski definition) is 2. The fourth-order valence-electron chi connectivity index (χ4n) is 5.48. The zero-order valence-electron chi connectivity index (χ0n) is 20.8. The monoisotopic (exact) mass is 512 g/mol. The third-order valence-corrected chi connectivity index (χ3v) is 7.96. The molecule has 3 heterocycles. The van der Waals surface area contributed by atoms with E-state index in [-0.39, 0.29) is 29.1 Å². The first-order valence-corrected chi connectivity index (χ1v) is 12.5. The van der Waals surface area contributed by atoms with Crippen molar-refractivity contribution in [2.75, 3.05) is 20.1 Å². The van der Waals surface area contributed by atoms with Gasteiger partial charge in [-0.2, -0.15) is 0 Å². The van der Waals surface area contributed by atoms with Crippen molar-refractivity contribution in [2.24, 2.45) is 0 Å². The Morgan fingerprint density at radius 1 is 1.28 bits per heavy atom. The van der Waals surface area contributed by atoms with Gasteiger partial charge in [-0.15, -0.1) is 0 Å². The predicted octanol–water partition coefficient (Wildman–Crippen LogP) is 5.06. The molecule has 9 heteroatoms. The minimum atomic E-state index is -1.14. The van der Waals surface area contributed by atoms with E-state index in [2.05, 4.69) is 23.7 Å². The number of amides is 3. The Hall–Kier alpha value is -3.10. The van der Waals surface area contributed by atoms with Gasteiger partial charge in [0.1, 0.15) is 23.1 Å². The predicted molar refractivity (Wildman–Crippen MR) is 137 cm³/mol. The van der Waals surface area contributed by atoms with Gasteiger partial charge in [-0.3, -0.25) is 14.6 Å². The van der Waals surface area contributed by atoms with E-state index in [1.54, 1.807) is 36.1 Å². The number of halogens is 2. The molecule has 0 radical (unpaired) electrons. The summed E-state index contributed by atoms with van der Waals surface area (Å²) in [6.45, 7) is 7.07. The number of urea groups is 1. The van der Waals surface area contributed by atoms with Crippen molar-refractivity contribution in [3.8, 4) is 5.75 Å². The van der Waals surface area contributed by atoms with E-state index >= 15 is 0 Å². The number of aromatic hydroxyl groups is 1. The molecule has 7 nitrogen and oxygen atoms in total. The van der Waals surface area contributed by atoms with Crippen LogP contribution in [0.25, 0.3) is 10.9 Å². The molecule has 190 valence electrons. The van der Waals surface area contributed by atoms with Crippen molar-refractivity contribution in [1.82, 2.24) is 19.7 Å². The summed E-state index contributed by atoms with van der Waals surface area (Å²) in [5.74, 6) is -0.746. The van der Waals surface area contributed by atoms with Crippen molar-refractivity contribution in [1.29, 1.82) is 0 Å². The average molecular weight is 513 g/mol. The molecular weight excluding hydrogens is 483 g/mol. The van der Waals surface area contributed by atoms with E-state index in [4.69, 9.17) is 11.6 Å². The Bertz CT molecular complexity index is 1370. The van der Waals surface area contributed by atoms with Crippen molar-refractivity contribution in [3.63, 3.8) is 0 Å². The number of nitrogens with one attached hydrogen (secondary N) is 1. The lowest BCUT2D eigenvalue weighted by Gasteiger charge is -2.42. The largest absolute Gasteiger partial charge is 0.508 e. The summed E-state index contributed by atoms with van der Waals surface area (Å²) in [5, 5.41) is 10.9. The van der Waals surface area contributed by atoms with Crippen molar-refractivity contribution in [3.05, 3.63) is 64.1 Å². The number of carbonyl (C=O) groups is 2. The number of phenols is 1. The van der Waals surface area contributed by atoms with Crippen LogP contribution in [-0.2, 0) is 11.2 Å². The van der Waals surface area contributed by atoms with Crippen LogP contribution in [-0.4, -0.2) is 68.4 Å². The molecule has 3 aromatic rings. The molecule has 2 aliphatic rings. The lowest BCUT2D eigenvalue weighted by molar-refractivity contribution is -0.133. The van der Waals surface area contributed by atoms with Crippen molar-refractivity contribution >= 4 is 34.4 Å². The first-order valence-electron chi connectivity index (χ1n) is 12.2. The maximum absolute atomic E-state index is 14.3. The molecule has 2 N–H and O–H groups in total. The molecule has 0 bridgehead atoms. The van der Waals surface area contributed by atoms with Crippen molar-refractivity contribution in [2.45, 2.75) is 51.2 Å². The number of H-pyrrole nitrogens is 1. The Balaban J connectivity index is 1.61. The van der Waals surface area contributed by atoms with Gasteiger partial charge in [-0.05, 0) is 76.2 Å². The van der Waals surface area contributed by atoms with Gasteiger partial charge in [0.25, 0.3) is 5.91 Å². The third-order valence-electron chi connectivity index (χ3n) is 7.67. The van der Waals surface area contributed by atoms with Gasteiger partial charge in [0.05, 0.1) is 5.02 Å². The van der Waals surface area contributed by atoms with E-state index in [9.17, 15) is 19.1 Å². The zero-order valence-corrected chi connectivity index (χ0v) is 21.6. The summed E-state index contributed by atoms with van der Waals surface area (Å²) in [7, 11) is 2.02. The quantitative estimate of drug-likeness (QED) is 0.452. The van der Waals surface area contributed by atoms with Gasteiger partial charge in [0.15, 0.2) is 0 Å². The molecule has 1 fully saturated rings. The number of hydrogen-bond acceptors (Lipinski definition) is 4. The molecule has 2 aliphatic heterocycles. The van der Waals surface area contributed by atoms with E-state index in [1.807, 2.05) is 13.1 Å². The van der Waals surface area contributed by atoms with Crippen LogP contribution >= 0.6 is 11.6 Å². The second-order valence-electron chi connectivity index (χ2n) is 10.3. The highest BCUT2D eigenvalue weighted by Crippen LogP contribution is 2.49. The summed E-state index contributed by atoms with van der Waals surface area (Å²) in [6, 6.07) is 8.91. The number of aromatic amines is 1. The minimum Gasteiger partial charge on any atom is -0.508 e. The SMILES string of the molecule is CC(C)N(C)CCCN1C(=O)N2[C@H](c3cccc(O)c3)c3[nH]c4cc(F)c(Cl)cc4c3C[C@@]2(C)C1=O. The summed E-state index contributed by atoms with van der Waals surface area (Å²) in [5.41, 5.74) is 1.58. The Labute approximate surface area is 214 Å². The number of aromatic nitrogens is 1. The molecule has 0 spiro atoms. The number of fused-ring (bicyclic) bond motifs is 4. The number of rotatable bonds is 6. The van der Waals surface area contributed by atoms with Gasteiger partial charge in [0.2, 0.25) is 0 Å². The van der Waals surface area contributed by atoms with Crippen LogP contribution in [0.3, 0.4) is 0 Å². The number of benzene rings is 2. The smallest absolute Gasteiger partial charge is 0.328 e. The Morgan fingerprint density at radius 3 is 2.72 bits per heavy atom. The normalized spacial score (nSPS) is 21.7. The minimum absolute atomic E-state index is 0.00416. The van der Waals surface area contributed by atoms with E-state index < -0.39 is 17.4 Å². The summed E-state index contributed by atoms with van der Waals surface area (Å²) < 4.78 is 14.3. The summed E-state index contributed by atoms with van der Waals surface area (Å²) in [6.07, 6.45) is 0.933. The van der Waals surface area contributed by atoms with Crippen LogP contribution in [0.4, 0.5) is 9.18 Å². The van der Waals surface area contributed by atoms with E-state index in [0.29, 0.717) is 35.8 Å². The van der Waals surface area contributed by atoms with Gasteiger partial charge in [0, 0.05) is 35.6 Å². The van der Waals surface area contributed by atoms with Crippen LogP contribution in [0.2, 0.25) is 5.02 Å². The highest BCUT2D eigenvalue weighted by molar-refractivity contribution is 6.31. The van der Waals surface area contributed by atoms with Crippen LogP contribution in [0.15, 0.2) is 36.4 Å². The molecule has 0 aliphatic carbocycles. The van der Waals surface area contributed by atoms with Crippen molar-refractivity contribution < 1.29 is 19.1 Å². The van der Waals surface area contributed by atoms with Gasteiger partial charge < -0.3 is 15.0 Å². The molecule has 2 aromatic carbocycles. The van der Waals surface area contributed by atoms with Gasteiger partial charge in [-0.25, -0.2) is 9.18 Å². The highest BCUT2D eigenvalue weighted by Gasteiger charge is 2.60. The molecule has 0 saturated carbocycles. The first-order chi connectivity index (χ1) is 17.0. The maximum atomic E-state index is 14.3. The second kappa shape index (κ2) is 8.78. The number of carbonyl (C=O) groups excluding carboxylic acids is 2. The van der Waals surface area contributed by atoms with Gasteiger partial charge in [-0.1, -0.05) is 23.7 Å². The molecule has 5 rings (SSSR count). The fraction of sp³-hybridized carbons (Fsp3) is 0.407. The summed E-state index contributed by atoms with van der Waals surface area (Å²) in [4.78, 5) is 36.1. The van der Waals surface area contributed by atoms with Crippen LogP contribution in [0, 0.1) is 5.82 Å². The molecule has 0 unspecified atom stereocenters. The molecular formula is C27H30ClFN4O3. The number of nitrogens with zero attached hydrogens (tertiary/aromatic N) is 3. The first kappa shape index (κ1) is 24.6. The Morgan fingerprint density at radius 2 is 2.03 bits per heavy atom. The zero-order chi connectivity index (χ0) is 25.9. The Kier molecular flexibility index (Phi) is 6.00. The molecule has 3 amide bonds. The van der Waals surface area contributed by atoms with Crippen LogP contribution < -0.4 is 0 Å². The average Bonchev–Trinajstić information content (AvgIpc) is 3.24. The van der Waals surface area contributed by atoms with E-state index in [0.717, 1.165) is 17.5 Å². The molecule has 1 saturated heterocycles. The summed E-state index contributed by atoms with van der Waals surface area (Å²) >= 11 is 6.12. The highest BCUT2D eigenvalue weighted by atomic mass is 35.5. The van der Waals surface area contributed by atoms with Crippen LogP contribution in [0.5, 0.6) is 5.75 Å². The number of imide groups is 1. The van der Waals surface area contributed by atoms with E-state index in [1.165, 1.54) is 11.0 Å². The lowest BCUT2D eigenvalue weighted by atomic mass is 9.81. The molecule has 2 atom stereocenters. The van der Waals surface area contributed by atoms with Crippen LogP contribution in [0.1, 0.15) is 50.1 Å². The topological polar surface area (TPSA) is 79.9 Å². The fourth-order valence-corrected chi connectivity index (χ4v) is 5.65. The van der Waals surface area contributed by atoms with Gasteiger partial charge >= 0.3 is 6.03 Å². The standard InChI is InChI=1S/C27H30ClFN4O3/c1-15(2)31(4)9-6-10-32-25(35)27(3)14-19-18-12-20(28)21(29)13-22(18)30-23(19)24(33(27)26(32)36)16-7-5-8-17(34)11-16/h5,7-8,11-13,15,24,30,34H,6,9-10,14H2,1-4H3/t24-,27+/m1/s1. The molecule has 1 aromatic heterocycles.